The molecule has 1 aliphatic heterocycles. The van der Waals surface area contributed by atoms with Gasteiger partial charge in [-0.15, -0.1) is 0 Å². The average Bonchev–Trinajstić information content (AvgIpc) is 3.28. The predicted molar refractivity (Wildman–Crippen MR) is 129 cm³/mol. The Hall–Kier alpha value is -2.22. The molecule has 13 heteroatoms. The predicted octanol–water partition coefficient (Wildman–Crippen LogP) is 1.71. The van der Waals surface area contributed by atoms with Crippen LogP contribution in [0.15, 0.2) is 24.3 Å². The Balaban J connectivity index is 2.32. The number of carbonyl (C=O) groups excluding carboxylic acids is 2. The van der Waals surface area contributed by atoms with E-state index in [9.17, 15) is 36.3 Å². The number of hydrogen-bond acceptors (Lipinski definition) is 8. The van der Waals surface area contributed by atoms with E-state index in [-0.39, 0.29) is 25.3 Å². The number of likely N-dealkylation sites (tertiary alicyclic amines) is 1. The number of alkyl halides is 3. The van der Waals surface area contributed by atoms with Crippen LogP contribution in [0, 0.1) is 11.8 Å². The maximum absolute atomic E-state index is 13.2. The van der Waals surface area contributed by atoms with Gasteiger partial charge in [0.15, 0.2) is 21.7 Å². The zero-order valence-corrected chi connectivity index (χ0v) is 22.1. The largest absolute Gasteiger partial charge is 0.497 e. The molecule has 0 aliphatic carbocycles. The van der Waals surface area contributed by atoms with Gasteiger partial charge in [-0.25, -0.2) is 8.42 Å². The topological polar surface area (TPSA) is 136 Å². The molecule has 9 nitrogen and oxygen atoms in total. The lowest BCUT2D eigenvalue weighted by Gasteiger charge is -2.31. The van der Waals surface area contributed by atoms with Crippen molar-refractivity contribution in [3.05, 3.63) is 29.8 Å². The van der Waals surface area contributed by atoms with Gasteiger partial charge in [-0.3, -0.25) is 9.59 Å². The molecule has 0 radical (unpaired) electrons. The maximum atomic E-state index is 13.2. The fourth-order valence-electron chi connectivity index (χ4n) is 4.47. The minimum absolute atomic E-state index is 0.194. The van der Waals surface area contributed by atoms with Crippen LogP contribution in [0.4, 0.5) is 13.2 Å². The molecule has 0 unspecified atom stereocenters. The summed E-state index contributed by atoms with van der Waals surface area (Å²) in [4.78, 5) is 27.3. The summed E-state index contributed by atoms with van der Waals surface area (Å²) in [6.07, 6.45) is -8.65. The standard InChI is InChI=1S/C24H35F3N2O7S/c1-14(2)18(22(31)24(25,26)27)10-21(30)20-9-17(11-29(20)23(32)19(28)12-35-3)37(33,34)13-15-5-7-16(36-4)8-6-15/h5-8,14,17-20,22,31H,9-13,28H2,1-4H3/t17-,18+,19+,20+,22+/m1/s1. The minimum Gasteiger partial charge on any atom is -0.497 e. The smallest absolute Gasteiger partial charge is 0.414 e. The lowest BCUT2D eigenvalue weighted by Crippen LogP contribution is -2.51. The number of nitrogens with zero attached hydrogens (tertiary/aromatic N) is 1. The van der Waals surface area contributed by atoms with E-state index in [1.165, 1.54) is 28.1 Å². The number of sulfone groups is 1. The van der Waals surface area contributed by atoms with Crippen molar-refractivity contribution in [2.75, 3.05) is 27.4 Å². The highest BCUT2D eigenvalue weighted by atomic mass is 32.2. The highest BCUT2D eigenvalue weighted by Crippen LogP contribution is 2.34. The Bertz CT molecular complexity index is 1030. The molecule has 1 aliphatic rings. The molecule has 5 atom stereocenters. The van der Waals surface area contributed by atoms with Crippen molar-refractivity contribution in [1.82, 2.24) is 4.90 Å². The summed E-state index contributed by atoms with van der Waals surface area (Å²) in [5, 5.41) is 8.69. The number of Topliss-reactive ketones (excluding diaryl/α,β-unsaturated/α-hetero) is 1. The summed E-state index contributed by atoms with van der Waals surface area (Å²) in [7, 11) is -1.09. The van der Waals surface area contributed by atoms with Gasteiger partial charge >= 0.3 is 6.18 Å². The van der Waals surface area contributed by atoms with Crippen LogP contribution >= 0.6 is 0 Å². The number of rotatable bonds is 12. The Morgan fingerprint density at radius 2 is 1.78 bits per heavy atom. The van der Waals surface area contributed by atoms with E-state index in [1.807, 2.05) is 0 Å². The molecular weight excluding hydrogens is 517 g/mol. The van der Waals surface area contributed by atoms with Gasteiger partial charge in [-0.2, -0.15) is 13.2 Å². The molecule has 0 bridgehead atoms. The molecule has 2 rings (SSSR count). The third-order valence-corrected chi connectivity index (χ3v) is 8.74. The van der Waals surface area contributed by atoms with E-state index in [2.05, 4.69) is 0 Å². The Morgan fingerprint density at radius 1 is 1.19 bits per heavy atom. The molecule has 3 N–H and O–H groups in total. The number of ether oxygens (including phenoxy) is 2. The van der Waals surface area contributed by atoms with Crippen LogP contribution in [-0.4, -0.2) is 87.1 Å². The van der Waals surface area contributed by atoms with Crippen molar-refractivity contribution in [2.45, 2.75) is 62.1 Å². The summed E-state index contributed by atoms with van der Waals surface area (Å²) in [5.74, 6) is -3.50. The second-order valence-electron chi connectivity index (χ2n) is 9.65. The average molecular weight is 553 g/mol. The number of aliphatic hydroxyl groups excluding tert-OH is 1. The monoisotopic (exact) mass is 552 g/mol. The van der Waals surface area contributed by atoms with Gasteiger partial charge in [-0.1, -0.05) is 26.0 Å². The van der Waals surface area contributed by atoms with Crippen LogP contribution in [0.1, 0.15) is 32.3 Å². The molecule has 0 spiro atoms. The van der Waals surface area contributed by atoms with Crippen molar-refractivity contribution in [1.29, 1.82) is 0 Å². The number of halogens is 3. The zero-order chi connectivity index (χ0) is 28.1. The van der Waals surface area contributed by atoms with Crippen molar-refractivity contribution < 1.29 is 45.8 Å². The van der Waals surface area contributed by atoms with Gasteiger partial charge in [0, 0.05) is 26.0 Å². The molecule has 1 aromatic rings. The third-order valence-electron chi connectivity index (χ3n) is 6.65. The maximum Gasteiger partial charge on any atom is 0.414 e. The van der Waals surface area contributed by atoms with Gasteiger partial charge in [0.1, 0.15) is 11.8 Å². The van der Waals surface area contributed by atoms with Crippen LogP contribution in [0.2, 0.25) is 0 Å². The molecule has 1 saturated heterocycles. The molecule has 210 valence electrons. The SMILES string of the molecule is COC[C@H](N)C(=O)N1C[C@H](S(=O)(=O)Cc2ccc(OC)cc2)C[C@H]1C(=O)C[C@@H](C(C)C)[C@H](O)C(F)(F)F. The fourth-order valence-corrected chi connectivity index (χ4v) is 6.22. The molecule has 0 aromatic heterocycles. The summed E-state index contributed by atoms with van der Waals surface area (Å²) >= 11 is 0. The summed E-state index contributed by atoms with van der Waals surface area (Å²) < 4.78 is 76.1. The number of ketones is 1. The van der Waals surface area contributed by atoms with Crippen molar-refractivity contribution in [2.24, 2.45) is 17.6 Å². The van der Waals surface area contributed by atoms with Crippen LogP contribution in [0.5, 0.6) is 5.75 Å². The van der Waals surface area contributed by atoms with Crippen LogP contribution in [-0.2, 0) is 29.9 Å². The van der Waals surface area contributed by atoms with E-state index in [0.29, 0.717) is 11.3 Å². The third kappa shape index (κ3) is 7.88. The van der Waals surface area contributed by atoms with E-state index in [0.717, 1.165) is 4.90 Å². The van der Waals surface area contributed by atoms with E-state index in [1.54, 1.807) is 24.3 Å². The quantitative estimate of drug-likeness (QED) is 0.400. The molecular formula is C24H35F3N2O7S. The van der Waals surface area contributed by atoms with Gasteiger partial charge in [0.25, 0.3) is 0 Å². The first-order valence-electron chi connectivity index (χ1n) is 11.8. The van der Waals surface area contributed by atoms with E-state index < -0.39 is 69.4 Å². The van der Waals surface area contributed by atoms with Crippen LogP contribution in [0.25, 0.3) is 0 Å². The van der Waals surface area contributed by atoms with Crippen molar-refractivity contribution in [3.63, 3.8) is 0 Å². The summed E-state index contributed by atoms with van der Waals surface area (Å²) in [6, 6.07) is 3.87. The number of aliphatic hydroxyl groups is 1. The summed E-state index contributed by atoms with van der Waals surface area (Å²) in [6.45, 7) is 2.36. The normalized spacial score (nSPS) is 21.1. The number of carbonyl (C=O) groups is 2. The number of nitrogens with two attached hydrogens (primary N) is 1. The molecule has 37 heavy (non-hydrogen) atoms. The Morgan fingerprint density at radius 3 is 2.27 bits per heavy atom. The van der Waals surface area contributed by atoms with E-state index in [4.69, 9.17) is 15.2 Å². The lowest BCUT2D eigenvalue weighted by atomic mass is 9.84. The van der Waals surface area contributed by atoms with Gasteiger partial charge in [0.05, 0.1) is 30.8 Å². The number of methoxy groups -OCH3 is 2. The van der Waals surface area contributed by atoms with Gasteiger partial charge < -0.3 is 25.2 Å². The zero-order valence-electron chi connectivity index (χ0n) is 21.3. The van der Waals surface area contributed by atoms with Gasteiger partial charge in [0.2, 0.25) is 5.91 Å². The Labute approximate surface area is 215 Å². The summed E-state index contributed by atoms with van der Waals surface area (Å²) in [5.41, 5.74) is 6.32. The number of amides is 1. The highest BCUT2D eigenvalue weighted by molar-refractivity contribution is 7.91. The second-order valence-corrected chi connectivity index (χ2v) is 11.9. The molecule has 1 amide bonds. The molecule has 1 heterocycles. The lowest BCUT2D eigenvalue weighted by molar-refractivity contribution is -0.224. The first-order chi connectivity index (χ1) is 17.1. The Kier molecular flexibility index (Phi) is 10.5. The fraction of sp³-hybridized carbons (Fsp3) is 0.667. The first-order valence-corrected chi connectivity index (χ1v) is 13.5. The number of hydrogen-bond donors (Lipinski definition) is 2. The van der Waals surface area contributed by atoms with Crippen LogP contribution < -0.4 is 10.5 Å². The number of benzene rings is 1. The first kappa shape index (κ1) is 31.0. The molecule has 1 fully saturated rings. The minimum atomic E-state index is -4.94. The van der Waals surface area contributed by atoms with Crippen LogP contribution in [0.3, 0.4) is 0 Å². The van der Waals surface area contributed by atoms with E-state index >= 15 is 0 Å². The van der Waals surface area contributed by atoms with Crippen molar-refractivity contribution >= 4 is 21.5 Å². The molecule has 0 saturated carbocycles. The van der Waals surface area contributed by atoms with Gasteiger partial charge in [-0.05, 0) is 30.0 Å². The highest BCUT2D eigenvalue weighted by Gasteiger charge is 2.49. The van der Waals surface area contributed by atoms with Crippen molar-refractivity contribution in [3.8, 4) is 5.75 Å². The second kappa shape index (κ2) is 12.5. The molecule has 1 aromatic carbocycles.